The Hall–Kier alpha value is -2.25. The van der Waals surface area contributed by atoms with E-state index in [0.29, 0.717) is 37.2 Å². The average Bonchev–Trinajstić information content (AvgIpc) is 3.24. The van der Waals surface area contributed by atoms with Crippen molar-refractivity contribution < 1.29 is 13.5 Å². The summed E-state index contributed by atoms with van der Waals surface area (Å²) >= 11 is 20.4. The number of rotatable bonds is 7. The van der Waals surface area contributed by atoms with Crippen molar-refractivity contribution >= 4 is 46.6 Å². The van der Waals surface area contributed by atoms with Crippen LogP contribution < -0.4 is 4.74 Å². The Morgan fingerprint density at radius 3 is 2.23 bits per heavy atom. The molecule has 4 aromatic rings. The monoisotopic (exact) mass is 552 g/mol. The first-order valence-electron chi connectivity index (χ1n) is 10.6. The van der Waals surface area contributed by atoms with Gasteiger partial charge in [-0.25, -0.2) is 13.8 Å². The quantitative estimate of drug-likeness (QED) is 0.214. The number of aromatic nitrogens is 2. The molecule has 0 bridgehead atoms. The summed E-state index contributed by atoms with van der Waals surface area (Å²) < 4.78 is 35.3. The molecule has 0 amide bonds. The predicted octanol–water partition coefficient (Wildman–Crippen LogP) is 8.74. The van der Waals surface area contributed by atoms with Crippen molar-refractivity contribution in [1.82, 2.24) is 9.55 Å². The highest BCUT2D eigenvalue weighted by atomic mass is 35.5. The minimum Gasteiger partial charge on any atom is -0.494 e. The van der Waals surface area contributed by atoms with Crippen molar-refractivity contribution in [1.29, 1.82) is 0 Å². The van der Waals surface area contributed by atoms with Gasteiger partial charge in [0.25, 0.3) is 0 Å². The van der Waals surface area contributed by atoms with E-state index in [2.05, 4.69) is 4.98 Å². The predicted molar refractivity (Wildman–Crippen MR) is 140 cm³/mol. The third kappa shape index (κ3) is 5.17. The van der Waals surface area contributed by atoms with E-state index in [1.165, 1.54) is 37.1 Å². The lowest BCUT2D eigenvalue weighted by Crippen LogP contribution is -2.23. The minimum atomic E-state index is -0.616. The van der Waals surface area contributed by atoms with Crippen molar-refractivity contribution in [3.8, 4) is 11.4 Å². The Balaban J connectivity index is 1.81. The molecule has 0 aliphatic rings. The molecule has 0 fully saturated rings. The third-order valence-electron chi connectivity index (χ3n) is 5.79. The van der Waals surface area contributed by atoms with Gasteiger partial charge >= 0.3 is 0 Å². The lowest BCUT2D eigenvalue weighted by atomic mass is 9.81. The molecular weight excluding hydrogens is 533 g/mol. The summed E-state index contributed by atoms with van der Waals surface area (Å²) in [5.41, 5.74) is 2.13. The standard InChI is InChI=1S/C26H21Cl3F2N2OS/c1-26(2,15-11-20(28)24(34-3)21(29)12-15)23-13-32-25(33(23)17-9-7-16(30)8-10-17)35-14-18-19(27)5-4-6-22(18)31/h4-13H,14H2,1-3H3. The average molecular weight is 554 g/mol. The van der Waals surface area contributed by atoms with Crippen molar-refractivity contribution in [3.63, 3.8) is 0 Å². The van der Waals surface area contributed by atoms with Crippen LogP contribution in [0.3, 0.4) is 0 Å². The summed E-state index contributed by atoms with van der Waals surface area (Å²) in [6.45, 7) is 4.03. The normalized spacial score (nSPS) is 11.7. The first kappa shape index (κ1) is 25.8. The van der Waals surface area contributed by atoms with E-state index < -0.39 is 5.41 Å². The molecule has 0 saturated carbocycles. The van der Waals surface area contributed by atoms with Crippen molar-refractivity contribution in [2.45, 2.75) is 30.2 Å². The molecule has 0 aliphatic carbocycles. The third-order valence-corrected chi connectivity index (χ3v) is 7.68. The molecule has 35 heavy (non-hydrogen) atoms. The number of halogens is 5. The van der Waals surface area contributed by atoms with Crippen LogP contribution in [0.15, 0.2) is 66.0 Å². The van der Waals surface area contributed by atoms with Crippen LogP contribution in [0, 0.1) is 11.6 Å². The van der Waals surface area contributed by atoms with Gasteiger partial charge in [-0.2, -0.15) is 0 Å². The number of nitrogens with zero attached hydrogens (tertiary/aromatic N) is 2. The Labute approximate surface area is 222 Å². The number of thioether (sulfide) groups is 1. The summed E-state index contributed by atoms with van der Waals surface area (Å²) in [4.78, 5) is 4.64. The number of benzene rings is 3. The van der Waals surface area contributed by atoms with Crippen LogP contribution in [-0.4, -0.2) is 16.7 Å². The molecule has 0 aliphatic heterocycles. The summed E-state index contributed by atoms with van der Waals surface area (Å²) in [7, 11) is 1.51. The van der Waals surface area contributed by atoms with Gasteiger partial charge in [-0.15, -0.1) is 0 Å². The van der Waals surface area contributed by atoms with Gasteiger partial charge in [-0.1, -0.05) is 66.5 Å². The SMILES string of the molecule is COc1c(Cl)cc(C(C)(C)c2cnc(SCc3c(F)cccc3Cl)n2-c2ccc(F)cc2)cc1Cl. The van der Waals surface area contributed by atoms with Crippen LogP contribution in [0.1, 0.15) is 30.7 Å². The summed E-state index contributed by atoms with van der Waals surface area (Å²) in [5, 5.41) is 1.73. The Morgan fingerprint density at radius 2 is 1.63 bits per heavy atom. The zero-order valence-electron chi connectivity index (χ0n) is 19.1. The minimum absolute atomic E-state index is 0.268. The van der Waals surface area contributed by atoms with Gasteiger partial charge < -0.3 is 4.74 Å². The second-order valence-electron chi connectivity index (χ2n) is 8.32. The first-order valence-corrected chi connectivity index (χ1v) is 12.7. The molecule has 4 rings (SSSR count). The highest BCUT2D eigenvalue weighted by Gasteiger charge is 2.31. The van der Waals surface area contributed by atoms with Crippen molar-refractivity contribution in [2.75, 3.05) is 7.11 Å². The van der Waals surface area contributed by atoms with E-state index >= 15 is 0 Å². The molecule has 182 valence electrons. The molecule has 9 heteroatoms. The van der Waals surface area contributed by atoms with Gasteiger partial charge in [0.15, 0.2) is 10.9 Å². The van der Waals surface area contributed by atoms with Gasteiger partial charge in [0.1, 0.15) is 11.6 Å². The number of methoxy groups -OCH3 is 1. The van der Waals surface area contributed by atoms with Crippen LogP contribution in [0.2, 0.25) is 15.1 Å². The topological polar surface area (TPSA) is 27.1 Å². The van der Waals surface area contributed by atoms with Crippen molar-refractivity contribution in [2.24, 2.45) is 0 Å². The van der Waals surface area contributed by atoms with E-state index in [-0.39, 0.29) is 17.4 Å². The highest BCUT2D eigenvalue weighted by molar-refractivity contribution is 7.98. The van der Waals surface area contributed by atoms with E-state index in [4.69, 9.17) is 39.5 Å². The number of ether oxygens (including phenoxy) is 1. The molecule has 0 saturated heterocycles. The maximum atomic E-state index is 14.4. The fourth-order valence-electron chi connectivity index (χ4n) is 3.79. The molecular formula is C26H21Cl3F2N2OS. The van der Waals surface area contributed by atoms with Gasteiger partial charge in [0.2, 0.25) is 0 Å². The maximum absolute atomic E-state index is 14.4. The number of hydrogen-bond acceptors (Lipinski definition) is 3. The van der Waals surface area contributed by atoms with Crippen LogP contribution >= 0.6 is 46.6 Å². The molecule has 3 aromatic carbocycles. The number of hydrogen-bond donors (Lipinski definition) is 0. The fourth-order valence-corrected chi connectivity index (χ4v) is 5.77. The molecule has 0 atom stereocenters. The molecule has 0 spiro atoms. The molecule has 1 aromatic heterocycles. The van der Waals surface area contributed by atoms with E-state index in [1.54, 1.807) is 42.6 Å². The van der Waals surface area contributed by atoms with Crippen LogP contribution in [-0.2, 0) is 11.2 Å². The summed E-state index contributed by atoms with van der Waals surface area (Å²) in [6, 6.07) is 14.3. The zero-order valence-corrected chi connectivity index (χ0v) is 22.2. The van der Waals surface area contributed by atoms with E-state index in [9.17, 15) is 8.78 Å². The Bertz CT molecular complexity index is 1330. The summed E-state index contributed by atoms with van der Waals surface area (Å²) in [5.74, 6) is -0.0642. The summed E-state index contributed by atoms with van der Waals surface area (Å²) in [6.07, 6.45) is 1.75. The molecule has 0 radical (unpaired) electrons. The molecule has 0 unspecified atom stereocenters. The van der Waals surface area contributed by atoms with E-state index in [0.717, 1.165) is 11.3 Å². The van der Waals surface area contributed by atoms with Gasteiger partial charge in [0, 0.05) is 27.4 Å². The van der Waals surface area contributed by atoms with Gasteiger partial charge in [0.05, 0.1) is 29.0 Å². The maximum Gasteiger partial charge on any atom is 0.173 e. The second kappa shape index (κ2) is 10.4. The fraction of sp³-hybridized carbons (Fsp3) is 0.192. The number of imidazole rings is 1. The Kier molecular flexibility index (Phi) is 7.67. The lowest BCUT2D eigenvalue weighted by molar-refractivity contribution is 0.414. The first-order chi connectivity index (χ1) is 16.6. The van der Waals surface area contributed by atoms with Crippen LogP contribution in [0.4, 0.5) is 8.78 Å². The van der Waals surface area contributed by atoms with Gasteiger partial charge in [-0.3, -0.25) is 4.57 Å². The molecule has 3 nitrogen and oxygen atoms in total. The second-order valence-corrected chi connectivity index (χ2v) is 10.5. The molecule has 1 heterocycles. The molecule has 0 N–H and O–H groups in total. The van der Waals surface area contributed by atoms with Gasteiger partial charge in [-0.05, 0) is 54.1 Å². The lowest BCUT2D eigenvalue weighted by Gasteiger charge is -2.28. The Morgan fingerprint density at radius 1 is 0.971 bits per heavy atom. The zero-order chi connectivity index (χ0) is 25.3. The highest BCUT2D eigenvalue weighted by Crippen LogP contribution is 2.42. The van der Waals surface area contributed by atoms with Crippen LogP contribution in [0.25, 0.3) is 5.69 Å². The van der Waals surface area contributed by atoms with E-state index in [1.807, 2.05) is 18.4 Å². The van der Waals surface area contributed by atoms with Crippen LogP contribution in [0.5, 0.6) is 5.75 Å². The van der Waals surface area contributed by atoms with Crippen molar-refractivity contribution in [3.05, 3.63) is 104 Å². The smallest absolute Gasteiger partial charge is 0.173 e. The largest absolute Gasteiger partial charge is 0.494 e.